The lowest BCUT2D eigenvalue weighted by atomic mass is 10.2. The molecule has 10 nitrogen and oxygen atoms in total. The maximum atomic E-state index is 12.7. The van der Waals surface area contributed by atoms with Crippen LogP contribution in [0.5, 0.6) is 5.88 Å². The highest BCUT2D eigenvalue weighted by Gasteiger charge is 2.27. The fourth-order valence-electron chi connectivity index (χ4n) is 2.85. The topological polar surface area (TPSA) is 113 Å². The first-order chi connectivity index (χ1) is 13.7. The Morgan fingerprint density at radius 1 is 1.36 bits per heavy atom. The molecule has 1 aliphatic rings. The number of benzene rings is 1. The van der Waals surface area contributed by atoms with Crippen molar-refractivity contribution in [2.75, 3.05) is 18.5 Å². The van der Waals surface area contributed by atoms with Crippen molar-refractivity contribution in [3.05, 3.63) is 58.9 Å². The monoisotopic (exact) mass is 382 g/mol. The number of hydrogen-bond donors (Lipinski definition) is 1. The van der Waals surface area contributed by atoms with Crippen molar-refractivity contribution >= 4 is 11.7 Å². The van der Waals surface area contributed by atoms with Gasteiger partial charge in [0.1, 0.15) is 31.2 Å². The Hall–Kier alpha value is -3.69. The average molecular weight is 382 g/mol. The number of nitrogens with zero attached hydrogens (tertiary/aromatic N) is 5. The van der Waals surface area contributed by atoms with Crippen LogP contribution in [0.2, 0.25) is 0 Å². The van der Waals surface area contributed by atoms with E-state index in [2.05, 4.69) is 20.6 Å². The highest BCUT2D eigenvalue weighted by atomic mass is 16.5. The molecule has 0 saturated carbocycles. The summed E-state index contributed by atoms with van der Waals surface area (Å²) < 4.78 is 13.3. The Labute approximate surface area is 159 Å². The Bertz CT molecular complexity index is 1050. The van der Waals surface area contributed by atoms with Crippen molar-refractivity contribution in [3.63, 3.8) is 0 Å². The molecule has 3 aromatic rings. The Balaban J connectivity index is 1.57. The van der Waals surface area contributed by atoms with Gasteiger partial charge in [-0.15, -0.1) is 5.10 Å². The molecule has 0 aliphatic carbocycles. The molecule has 0 spiro atoms. The number of hydrogen-bond acceptors (Lipinski definition) is 8. The molecular weight excluding hydrogens is 364 g/mol. The predicted molar refractivity (Wildman–Crippen MR) is 98.3 cm³/mol. The molecule has 0 saturated heterocycles. The van der Waals surface area contributed by atoms with E-state index in [1.807, 2.05) is 30.3 Å². The molecule has 1 aliphatic heterocycles. The van der Waals surface area contributed by atoms with Crippen LogP contribution < -0.4 is 15.6 Å². The molecule has 2 aromatic heterocycles. The van der Waals surface area contributed by atoms with Gasteiger partial charge in [-0.05, 0) is 19.1 Å². The van der Waals surface area contributed by atoms with Crippen molar-refractivity contribution < 1.29 is 14.3 Å². The van der Waals surface area contributed by atoms with E-state index in [1.54, 1.807) is 17.8 Å². The van der Waals surface area contributed by atoms with Crippen LogP contribution in [0, 0.1) is 0 Å². The van der Waals surface area contributed by atoms with Gasteiger partial charge < -0.3 is 14.8 Å². The predicted octanol–water partition coefficient (Wildman–Crippen LogP) is 0.933. The summed E-state index contributed by atoms with van der Waals surface area (Å²) >= 11 is 0. The van der Waals surface area contributed by atoms with E-state index in [4.69, 9.17) is 9.47 Å². The van der Waals surface area contributed by atoms with Gasteiger partial charge in [0.25, 0.3) is 5.56 Å². The van der Waals surface area contributed by atoms with Gasteiger partial charge in [0, 0.05) is 0 Å². The van der Waals surface area contributed by atoms with Gasteiger partial charge >= 0.3 is 5.97 Å². The van der Waals surface area contributed by atoms with E-state index in [-0.39, 0.29) is 37.4 Å². The van der Waals surface area contributed by atoms with Gasteiger partial charge in [0.2, 0.25) is 5.88 Å². The van der Waals surface area contributed by atoms with E-state index in [9.17, 15) is 9.59 Å². The number of rotatable bonds is 5. The molecule has 0 fully saturated rings. The largest absolute Gasteiger partial charge is 0.473 e. The molecule has 3 heterocycles. The number of aromatic nitrogens is 5. The number of anilines is 1. The van der Waals surface area contributed by atoms with Crippen LogP contribution >= 0.6 is 0 Å². The van der Waals surface area contributed by atoms with E-state index in [0.717, 1.165) is 5.69 Å². The molecule has 10 heteroatoms. The van der Waals surface area contributed by atoms with Crippen LogP contribution in [0.4, 0.5) is 5.69 Å². The van der Waals surface area contributed by atoms with Crippen LogP contribution in [-0.2, 0) is 16.1 Å². The third-order valence-corrected chi connectivity index (χ3v) is 4.20. The van der Waals surface area contributed by atoms with Crippen molar-refractivity contribution in [1.29, 1.82) is 0 Å². The van der Waals surface area contributed by atoms with Crippen LogP contribution in [0.15, 0.2) is 47.7 Å². The summed E-state index contributed by atoms with van der Waals surface area (Å²) in [6.45, 7) is 1.97. The fourth-order valence-corrected chi connectivity index (χ4v) is 2.85. The molecule has 0 radical (unpaired) electrons. The number of nitrogens with one attached hydrogen (secondary N) is 1. The number of carbonyl (C=O) groups excluding carboxylic acids is 1. The molecule has 1 aromatic carbocycles. The third kappa shape index (κ3) is 3.43. The molecule has 1 N–H and O–H groups in total. The molecular formula is C18H18N6O4. The van der Waals surface area contributed by atoms with E-state index < -0.39 is 11.5 Å². The molecule has 4 rings (SSSR count). The zero-order chi connectivity index (χ0) is 19.5. The molecule has 0 unspecified atom stereocenters. The first kappa shape index (κ1) is 17.7. The quantitative estimate of drug-likeness (QED) is 0.649. The standard InChI is InChI=1S/C18H18N6O4/c1-2-27-15(25)9-23-11-19-17-16(18(23)26)20-14(10-28-17)13-8-24(22-21-13)12-6-4-3-5-7-12/h3-8,11,14,20H,2,9-10H2,1H3/t14-/m0/s1. The lowest BCUT2D eigenvalue weighted by molar-refractivity contribution is -0.143. The zero-order valence-electron chi connectivity index (χ0n) is 15.1. The zero-order valence-corrected chi connectivity index (χ0v) is 15.1. The van der Waals surface area contributed by atoms with Gasteiger partial charge in [-0.1, -0.05) is 23.4 Å². The Morgan fingerprint density at radius 2 is 2.18 bits per heavy atom. The van der Waals surface area contributed by atoms with E-state index >= 15 is 0 Å². The van der Waals surface area contributed by atoms with Crippen LogP contribution in [0.25, 0.3) is 5.69 Å². The van der Waals surface area contributed by atoms with Crippen molar-refractivity contribution in [2.24, 2.45) is 0 Å². The van der Waals surface area contributed by atoms with Gasteiger partial charge in [0.05, 0.1) is 18.5 Å². The molecule has 1 atom stereocenters. The minimum atomic E-state index is -0.509. The number of para-hydroxylation sites is 1. The highest BCUT2D eigenvalue weighted by Crippen LogP contribution is 2.28. The lowest BCUT2D eigenvalue weighted by Crippen LogP contribution is -2.34. The van der Waals surface area contributed by atoms with Crippen LogP contribution in [0.3, 0.4) is 0 Å². The summed E-state index contributed by atoms with van der Waals surface area (Å²) in [6.07, 6.45) is 3.04. The minimum Gasteiger partial charge on any atom is -0.473 e. The lowest BCUT2D eigenvalue weighted by Gasteiger charge is -2.24. The summed E-state index contributed by atoms with van der Waals surface area (Å²) in [5.41, 5.74) is 1.25. The first-order valence-corrected chi connectivity index (χ1v) is 8.77. The van der Waals surface area contributed by atoms with Crippen LogP contribution in [0.1, 0.15) is 18.7 Å². The maximum absolute atomic E-state index is 12.7. The second-order valence-electron chi connectivity index (χ2n) is 6.09. The van der Waals surface area contributed by atoms with E-state index in [0.29, 0.717) is 5.69 Å². The second kappa shape index (κ2) is 7.51. The summed E-state index contributed by atoms with van der Waals surface area (Å²) in [6, 6.07) is 9.19. The Kier molecular flexibility index (Phi) is 4.75. The second-order valence-corrected chi connectivity index (χ2v) is 6.09. The number of fused-ring (bicyclic) bond motifs is 1. The van der Waals surface area contributed by atoms with Gasteiger partial charge in [-0.3, -0.25) is 14.2 Å². The first-order valence-electron chi connectivity index (χ1n) is 8.77. The third-order valence-electron chi connectivity index (χ3n) is 4.20. The van der Waals surface area contributed by atoms with Gasteiger partial charge in [-0.2, -0.15) is 0 Å². The smallest absolute Gasteiger partial charge is 0.326 e. The van der Waals surface area contributed by atoms with Crippen molar-refractivity contribution in [3.8, 4) is 11.6 Å². The van der Waals surface area contributed by atoms with E-state index in [1.165, 1.54) is 10.9 Å². The van der Waals surface area contributed by atoms with Crippen molar-refractivity contribution in [1.82, 2.24) is 24.5 Å². The molecule has 144 valence electrons. The summed E-state index contributed by atoms with van der Waals surface area (Å²) in [5.74, 6) is -0.317. The summed E-state index contributed by atoms with van der Waals surface area (Å²) in [4.78, 5) is 28.5. The van der Waals surface area contributed by atoms with Gasteiger partial charge in [0.15, 0.2) is 5.69 Å². The summed E-state index contributed by atoms with van der Waals surface area (Å²) in [7, 11) is 0. The Morgan fingerprint density at radius 3 is 2.96 bits per heavy atom. The van der Waals surface area contributed by atoms with Crippen LogP contribution in [-0.4, -0.2) is 43.7 Å². The number of ether oxygens (including phenoxy) is 2. The average Bonchev–Trinajstić information content (AvgIpc) is 3.21. The maximum Gasteiger partial charge on any atom is 0.326 e. The number of esters is 1. The normalized spacial score (nSPS) is 15.2. The number of carbonyl (C=O) groups is 1. The SMILES string of the molecule is CCOC(=O)Cn1cnc2c(c1=O)N[C@H](c1cn(-c3ccccc3)nn1)CO2. The van der Waals surface area contributed by atoms with Crippen molar-refractivity contribution in [2.45, 2.75) is 19.5 Å². The fraction of sp³-hybridized carbons (Fsp3) is 0.278. The highest BCUT2D eigenvalue weighted by molar-refractivity contribution is 5.69. The molecule has 28 heavy (non-hydrogen) atoms. The van der Waals surface area contributed by atoms with Gasteiger partial charge in [-0.25, -0.2) is 9.67 Å². The molecule has 0 amide bonds. The minimum absolute atomic E-state index is 0.178. The summed E-state index contributed by atoms with van der Waals surface area (Å²) in [5, 5.41) is 11.4. The molecule has 0 bridgehead atoms.